The Kier molecular flexibility index (Phi) is 5.02. The fourth-order valence-electron chi connectivity index (χ4n) is 3.27. The van der Waals surface area contributed by atoms with E-state index >= 15 is 0 Å². The molecular weight excluding hydrogens is 256 g/mol. The molecule has 2 rings (SSSR count). The first kappa shape index (κ1) is 15.3. The van der Waals surface area contributed by atoms with E-state index in [4.69, 9.17) is 10.5 Å². The topological polar surface area (TPSA) is 81.4 Å². The van der Waals surface area contributed by atoms with Crippen LogP contribution in [-0.4, -0.2) is 30.1 Å². The molecule has 0 aromatic heterocycles. The summed E-state index contributed by atoms with van der Waals surface area (Å²) in [4.78, 5) is 22.8. The van der Waals surface area contributed by atoms with Crippen LogP contribution in [0.4, 0.5) is 0 Å². The van der Waals surface area contributed by atoms with Crippen molar-refractivity contribution in [3.63, 3.8) is 0 Å². The van der Waals surface area contributed by atoms with Gasteiger partial charge in [0.1, 0.15) is 0 Å². The number of rotatable bonds is 5. The maximum absolute atomic E-state index is 11.9. The fraction of sp³-hybridized carbons (Fsp3) is 0.867. The fourth-order valence-corrected chi connectivity index (χ4v) is 3.27. The normalized spacial score (nSPS) is 26.4. The van der Waals surface area contributed by atoms with Crippen molar-refractivity contribution in [3.05, 3.63) is 0 Å². The molecule has 2 atom stereocenters. The number of carbonyl (C=O) groups is 2. The molecule has 2 amide bonds. The van der Waals surface area contributed by atoms with E-state index in [-0.39, 0.29) is 29.4 Å². The highest BCUT2D eigenvalue weighted by Gasteiger charge is 2.41. The average Bonchev–Trinajstić information content (AvgIpc) is 2.79. The van der Waals surface area contributed by atoms with Gasteiger partial charge in [0.15, 0.2) is 0 Å². The van der Waals surface area contributed by atoms with Crippen molar-refractivity contribution in [2.45, 2.75) is 69.9 Å². The predicted octanol–water partition coefficient (Wildman–Crippen LogP) is 1.50. The molecule has 1 saturated heterocycles. The molecular formula is C15H26N2O3. The number of primary amides is 1. The Labute approximate surface area is 120 Å². The minimum absolute atomic E-state index is 0.000408. The monoisotopic (exact) mass is 282 g/mol. The predicted molar refractivity (Wildman–Crippen MR) is 75.9 cm³/mol. The zero-order valence-electron chi connectivity index (χ0n) is 12.3. The lowest BCUT2D eigenvalue weighted by molar-refractivity contribution is -0.123. The van der Waals surface area contributed by atoms with E-state index in [0.717, 1.165) is 19.3 Å². The third kappa shape index (κ3) is 3.95. The van der Waals surface area contributed by atoms with Gasteiger partial charge in [-0.2, -0.15) is 0 Å². The Morgan fingerprint density at radius 1 is 1.35 bits per heavy atom. The Balaban J connectivity index is 1.71. The standard InChI is InChI=1S/C15H26N2O3/c1-11(14(16)19)5-6-13(18)17-12-9-15(20-10-12)7-3-2-4-8-15/h11-12H,2-10H2,1H3,(H2,16,19)(H,17,18)/t11?,12-/m0/s1. The van der Waals surface area contributed by atoms with E-state index in [1.165, 1.54) is 19.3 Å². The Bertz CT molecular complexity index is 364. The Morgan fingerprint density at radius 3 is 2.70 bits per heavy atom. The lowest BCUT2D eigenvalue weighted by atomic mass is 9.82. The van der Waals surface area contributed by atoms with Crippen LogP contribution in [0.5, 0.6) is 0 Å². The summed E-state index contributed by atoms with van der Waals surface area (Å²) >= 11 is 0. The molecule has 0 aromatic carbocycles. The molecule has 2 fully saturated rings. The second kappa shape index (κ2) is 6.57. The summed E-state index contributed by atoms with van der Waals surface area (Å²) in [6.45, 7) is 2.38. The van der Waals surface area contributed by atoms with E-state index in [0.29, 0.717) is 19.4 Å². The third-order valence-corrected chi connectivity index (χ3v) is 4.63. The van der Waals surface area contributed by atoms with Gasteiger partial charge in [-0.1, -0.05) is 26.2 Å². The van der Waals surface area contributed by atoms with Crippen molar-refractivity contribution in [3.8, 4) is 0 Å². The quantitative estimate of drug-likeness (QED) is 0.801. The molecule has 0 radical (unpaired) electrons. The Morgan fingerprint density at radius 2 is 2.05 bits per heavy atom. The van der Waals surface area contributed by atoms with Crippen molar-refractivity contribution >= 4 is 11.8 Å². The van der Waals surface area contributed by atoms with E-state index < -0.39 is 0 Å². The van der Waals surface area contributed by atoms with Crippen LogP contribution in [0, 0.1) is 5.92 Å². The minimum Gasteiger partial charge on any atom is -0.373 e. The number of carbonyl (C=O) groups excluding carboxylic acids is 2. The summed E-state index contributed by atoms with van der Waals surface area (Å²) in [5, 5.41) is 3.03. The van der Waals surface area contributed by atoms with Crippen molar-refractivity contribution in [1.29, 1.82) is 0 Å². The van der Waals surface area contributed by atoms with Gasteiger partial charge in [-0.05, 0) is 25.7 Å². The van der Waals surface area contributed by atoms with Gasteiger partial charge in [0.25, 0.3) is 0 Å². The lowest BCUT2D eigenvalue weighted by Crippen LogP contribution is -2.37. The minimum atomic E-state index is -0.344. The maximum atomic E-state index is 11.9. The summed E-state index contributed by atoms with van der Waals surface area (Å²) in [7, 11) is 0. The molecule has 0 bridgehead atoms. The summed E-state index contributed by atoms with van der Waals surface area (Å²) in [5.41, 5.74) is 5.21. The molecule has 1 aliphatic carbocycles. The van der Waals surface area contributed by atoms with Crippen LogP contribution in [0.3, 0.4) is 0 Å². The zero-order valence-corrected chi connectivity index (χ0v) is 12.3. The number of hydrogen-bond donors (Lipinski definition) is 2. The summed E-state index contributed by atoms with van der Waals surface area (Å²) in [6.07, 6.45) is 7.81. The van der Waals surface area contributed by atoms with Crippen LogP contribution >= 0.6 is 0 Å². The van der Waals surface area contributed by atoms with Crippen LogP contribution in [-0.2, 0) is 14.3 Å². The van der Waals surface area contributed by atoms with Gasteiger partial charge in [-0.3, -0.25) is 9.59 Å². The molecule has 1 aliphatic heterocycles. The second-order valence-electron chi connectivity index (χ2n) is 6.37. The first-order chi connectivity index (χ1) is 9.51. The molecule has 2 aliphatic rings. The van der Waals surface area contributed by atoms with E-state index in [9.17, 15) is 9.59 Å². The third-order valence-electron chi connectivity index (χ3n) is 4.63. The van der Waals surface area contributed by atoms with Gasteiger partial charge in [-0.25, -0.2) is 0 Å². The summed E-state index contributed by atoms with van der Waals surface area (Å²) < 4.78 is 5.97. The summed E-state index contributed by atoms with van der Waals surface area (Å²) in [5.74, 6) is -0.590. The van der Waals surface area contributed by atoms with Gasteiger partial charge in [0, 0.05) is 12.3 Å². The van der Waals surface area contributed by atoms with Gasteiger partial charge in [0.05, 0.1) is 18.2 Å². The van der Waals surface area contributed by atoms with Gasteiger partial charge in [0.2, 0.25) is 11.8 Å². The molecule has 0 aromatic rings. The van der Waals surface area contributed by atoms with Gasteiger partial charge >= 0.3 is 0 Å². The van der Waals surface area contributed by atoms with Crippen LogP contribution < -0.4 is 11.1 Å². The molecule has 5 nitrogen and oxygen atoms in total. The highest BCUT2D eigenvalue weighted by atomic mass is 16.5. The summed E-state index contributed by atoms with van der Waals surface area (Å²) in [6, 6.07) is 0.129. The first-order valence-corrected chi connectivity index (χ1v) is 7.73. The number of amides is 2. The second-order valence-corrected chi connectivity index (χ2v) is 6.37. The molecule has 1 spiro atoms. The maximum Gasteiger partial charge on any atom is 0.220 e. The SMILES string of the molecule is CC(CCC(=O)N[C@@H]1COC2(CCCCC2)C1)C(N)=O. The lowest BCUT2D eigenvalue weighted by Gasteiger charge is -2.32. The highest BCUT2D eigenvalue weighted by Crippen LogP contribution is 2.39. The molecule has 1 heterocycles. The van der Waals surface area contributed by atoms with Crippen LogP contribution in [0.1, 0.15) is 58.3 Å². The van der Waals surface area contributed by atoms with E-state index in [2.05, 4.69) is 5.32 Å². The first-order valence-electron chi connectivity index (χ1n) is 7.73. The van der Waals surface area contributed by atoms with Gasteiger partial charge < -0.3 is 15.8 Å². The molecule has 20 heavy (non-hydrogen) atoms. The van der Waals surface area contributed by atoms with Crippen LogP contribution in [0.2, 0.25) is 0 Å². The smallest absolute Gasteiger partial charge is 0.220 e. The molecule has 5 heteroatoms. The Hall–Kier alpha value is -1.10. The van der Waals surface area contributed by atoms with Crippen LogP contribution in [0.25, 0.3) is 0 Å². The number of ether oxygens (including phenoxy) is 1. The zero-order chi connectivity index (χ0) is 14.6. The number of nitrogens with one attached hydrogen (secondary N) is 1. The number of hydrogen-bond acceptors (Lipinski definition) is 3. The van der Waals surface area contributed by atoms with Crippen molar-refractivity contribution in [2.75, 3.05) is 6.61 Å². The average molecular weight is 282 g/mol. The van der Waals surface area contributed by atoms with E-state index in [1.807, 2.05) is 0 Å². The molecule has 114 valence electrons. The molecule has 3 N–H and O–H groups in total. The van der Waals surface area contributed by atoms with Crippen LogP contribution in [0.15, 0.2) is 0 Å². The molecule has 1 saturated carbocycles. The number of nitrogens with two attached hydrogens (primary N) is 1. The molecule has 1 unspecified atom stereocenters. The van der Waals surface area contributed by atoms with Gasteiger partial charge in [-0.15, -0.1) is 0 Å². The largest absolute Gasteiger partial charge is 0.373 e. The van der Waals surface area contributed by atoms with Crippen molar-refractivity contribution in [2.24, 2.45) is 11.7 Å². The van der Waals surface area contributed by atoms with Crippen molar-refractivity contribution < 1.29 is 14.3 Å². The highest BCUT2D eigenvalue weighted by molar-refractivity contribution is 5.79. The van der Waals surface area contributed by atoms with Crippen molar-refractivity contribution in [1.82, 2.24) is 5.32 Å². The van der Waals surface area contributed by atoms with E-state index in [1.54, 1.807) is 6.92 Å².